The largest absolute Gasteiger partial charge is 0.493 e. The van der Waals surface area contributed by atoms with Gasteiger partial charge in [-0.1, -0.05) is 0 Å². The molecule has 0 spiro atoms. The van der Waals surface area contributed by atoms with Gasteiger partial charge in [-0.2, -0.15) is 5.10 Å². The molecule has 0 saturated carbocycles. The van der Waals surface area contributed by atoms with Crippen LogP contribution in [0.2, 0.25) is 0 Å². The van der Waals surface area contributed by atoms with Crippen molar-refractivity contribution in [3.05, 3.63) is 12.3 Å². The van der Waals surface area contributed by atoms with E-state index in [1.54, 1.807) is 19.4 Å². The Labute approximate surface area is 65.8 Å². The summed E-state index contributed by atoms with van der Waals surface area (Å²) in [6, 6.07) is 1.78. The fourth-order valence-corrected chi connectivity index (χ4v) is 0.782. The predicted octanol–water partition coefficient (Wildman–Crippen LogP) is 0.551. The lowest BCUT2D eigenvalue weighted by Gasteiger charge is -2.12. The second-order valence-electron chi connectivity index (χ2n) is 2.32. The molecule has 1 heterocycles. The highest BCUT2D eigenvalue weighted by Gasteiger charge is 2.04. The molecule has 0 unspecified atom stereocenters. The van der Waals surface area contributed by atoms with Gasteiger partial charge in [0.25, 0.3) is 0 Å². The van der Waals surface area contributed by atoms with Crippen LogP contribution >= 0.6 is 0 Å². The molecule has 0 aliphatic heterocycles. The molecule has 0 N–H and O–H groups in total. The Bertz CT molecular complexity index is 237. The van der Waals surface area contributed by atoms with Crippen LogP contribution in [-0.2, 0) is 0 Å². The summed E-state index contributed by atoms with van der Waals surface area (Å²) in [5, 5.41) is 7.64. The molecule has 1 rings (SSSR count). The molecule has 11 heavy (non-hydrogen) atoms. The van der Waals surface area contributed by atoms with Crippen molar-refractivity contribution in [3.63, 3.8) is 0 Å². The minimum Gasteiger partial charge on any atom is -0.493 e. The summed E-state index contributed by atoms with van der Waals surface area (Å²) in [6.07, 6.45) is 1.60. The van der Waals surface area contributed by atoms with Gasteiger partial charge in [0, 0.05) is 20.2 Å². The molecule has 0 aliphatic carbocycles. The summed E-state index contributed by atoms with van der Waals surface area (Å²) >= 11 is 0. The Hall–Kier alpha value is -1.32. The second kappa shape index (κ2) is 3.18. The second-order valence-corrected chi connectivity index (χ2v) is 2.32. The van der Waals surface area contributed by atoms with Crippen LogP contribution in [0.15, 0.2) is 12.3 Å². The minimum atomic E-state index is 0.741. The quantitative estimate of drug-likeness (QED) is 0.622. The Balaban J connectivity index is 3.02. The number of hydrogen-bond acceptors (Lipinski definition) is 4. The lowest BCUT2D eigenvalue weighted by molar-refractivity contribution is 0.412. The summed E-state index contributed by atoms with van der Waals surface area (Å²) in [5.41, 5.74) is 0. The van der Waals surface area contributed by atoms with Crippen LogP contribution in [0, 0.1) is 0 Å². The van der Waals surface area contributed by atoms with E-state index in [0.29, 0.717) is 0 Å². The number of aromatic nitrogens is 2. The van der Waals surface area contributed by atoms with Crippen molar-refractivity contribution in [1.29, 1.82) is 0 Å². The maximum atomic E-state index is 5.06. The van der Waals surface area contributed by atoms with Crippen LogP contribution < -0.4 is 9.64 Å². The van der Waals surface area contributed by atoms with Gasteiger partial charge >= 0.3 is 0 Å². The van der Waals surface area contributed by atoms with Gasteiger partial charge in [0.05, 0.1) is 13.3 Å². The number of anilines is 1. The van der Waals surface area contributed by atoms with E-state index in [1.807, 2.05) is 19.0 Å². The first-order valence-electron chi connectivity index (χ1n) is 3.28. The van der Waals surface area contributed by atoms with E-state index in [0.717, 1.165) is 11.6 Å². The highest BCUT2D eigenvalue weighted by molar-refractivity contribution is 5.49. The molecule has 60 valence electrons. The zero-order chi connectivity index (χ0) is 8.27. The van der Waals surface area contributed by atoms with Crippen molar-refractivity contribution in [2.45, 2.75) is 0 Å². The number of methoxy groups -OCH3 is 1. The number of ether oxygens (including phenoxy) is 1. The molecule has 0 fully saturated rings. The highest BCUT2D eigenvalue weighted by Crippen LogP contribution is 2.20. The molecule has 4 nitrogen and oxygen atoms in total. The van der Waals surface area contributed by atoms with Crippen molar-refractivity contribution in [1.82, 2.24) is 10.2 Å². The highest BCUT2D eigenvalue weighted by atomic mass is 16.5. The van der Waals surface area contributed by atoms with Gasteiger partial charge in [-0.3, -0.25) is 0 Å². The van der Waals surface area contributed by atoms with E-state index in [2.05, 4.69) is 10.2 Å². The summed E-state index contributed by atoms with van der Waals surface area (Å²) < 4.78 is 5.06. The van der Waals surface area contributed by atoms with Crippen molar-refractivity contribution in [2.24, 2.45) is 0 Å². The average Bonchev–Trinajstić information content (AvgIpc) is 2.04. The maximum absolute atomic E-state index is 5.06. The zero-order valence-corrected chi connectivity index (χ0v) is 6.90. The van der Waals surface area contributed by atoms with Gasteiger partial charge in [0.2, 0.25) is 0 Å². The van der Waals surface area contributed by atoms with Crippen LogP contribution in [0.3, 0.4) is 0 Å². The van der Waals surface area contributed by atoms with Crippen LogP contribution in [0.1, 0.15) is 0 Å². The Morgan fingerprint density at radius 1 is 1.45 bits per heavy atom. The van der Waals surface area contributed by atoms with Crippen molar-refractivity contribution in [2.75, 3.05) is 26.1 Å². The molecule has 0 aliphatic rings. The third-order valence-electron chi connectivity index (χ3n) is 1.31. The lowest BCUT2D eigenvalue weighted by atomic mass is 10.4. The van der Waals surface area contributed by atoms with E-state index in [4.69, 9.17) is 4.74 Å². The molecular weight excluding hydrogens is 142 g/mol. The average molecular weight is 153 g/mol. The molecule has 0 saturated heterocycles. The number of hydrogen-bond donors (Lipinski definition) is 0. The van der Waals surface area contributed by atoms with Crippen LogP contribution in [-0.4, -0.2) is 31.4 Å². The van der Waals surface area contributed by atoms with Crippen LogP contribution in [0.25, 0.3) is 0 Å². The third-order valence-corrected chi connectivity index (χ3v) is 1.31. The topological polar surface area (TPSA) is 38.3 Å². The minimum absolute atomic E-state index is 0.741. The van der Waals surface area contributed by atoms with Crippen molar-refractivity contribution < 1.29 is 4.74 Å². The molecule has 0 atom stereocenters. The summed E-state index contributed by atoms with van der Waals surface area (Å²) in [4.78, 5) is 1.85. The molecule has 0 aromatic carbocycles. The third kappa shape index (κ3) is 1.58. The normalized spacial score (nSPS) is 9.36. The Morgan fingerprint density at radius 2 is 2.18 bits per heavy atom. The molecule has 0 bridgehead atoms. The van der Waals surface area contributed by atoms with Crippen molar-refractivity contribution >= 4 is 5.82 Å². The van der Waals surface area contributed by atoms with E-state index in [9.17, 15) is 0 Å². The van der Waals surface area contributed by atoms with Gasteiger partial charge in [0.15, 0.2) is 11.6 Å². The fourth-order valence-electron chi connectivity index (χ4n) is 0.782. The maximum Gasteiger partial charge on any atom is 0.193 e. The zero-order valence-electron chi connectivity index (χ0n) is 6.90. The van der Waals surface area contributed by atoms with Gasteiger partial charge in [-0.25, -0.2) is 0 Å². The summed E-state index contributed by atoms with van der Waals surface area (Å²) in [5.74, 6) is 1.49. The summed E-state index contributed by atoms with van der Waals surface area (Å²) in [7, 11) is 5.41. The smallest absolute Gasteiger partial charge is 0.193 e. The van der Waals surface area contributed by atoms with E-state index in [-0.39, 0.29) is 0 Å². The molecule has 1 aromatic heterocycles. The lowest BCUT2D eigenvalue weighted by Crippen LogP contribution is -2.12. The monoisotopic (exact) mass is 153 g/mol. The first-order chi connectivity index (χ1) is 5.25. The van der Waals surface area contributed by atoms with E-state index >= 15 is 0 Å². The first kappa shape index (κ1) is 7.78. The van der Waals surface area contributed by atoms with Gasteiger partial charge in [0.1, 0.15) is 0 Å². The van der Waals surface area contributed by atoms with Gasteiger partial charge in [-0.15, -0.1) is 5.10 Å². The van der Waals surface area contributed by atoms with E-state index < -0.39 is 0 Å². The molecule has 4 heteroatoms. The first-order valence-corrected chi connectivity index (χ1v) is 3.28. The van der Waals surface area contributed by atoms with Crippen molar-refractivity contribution in [3.8, 4) is 5.75 Å². The SMILES string of the molecule is COc1ccnnc1N(C)C. The van der Waals surface area contributed by atoms with Gasteiger partial charge < -0.3 is 9.64 Å². The molecular formula is C7H11N3O. The number of nitrogens with zero attached hydrogens (tertiary/aromatic N) is 3. The van der Waals surface area contributed by atoms with Gasteiger partial charge in [-0.05, 0) is 0 Å². The van der Waals surface area contributed by atoms with Crippen LogP contribution in [0.5, 0.6) is 5.75 Å². The summed E-state index contributed by atoms with van der Waals surface area (Å²) in [6.45, 7) is 0. The molecule has 1 aromatic rings. The molecule has 0 radical (unpaired) electrons. The van der Waals surface area contributed by atoms with E-state index in [1.165, 1.54) is 0 Å². The number of rotatable bonds is 2. The van der Waals surface area contributed by atoms with Crippen LogP contribution in [0.4, 0.5) is 5.82 Å². The predicted molar refractivity (Wildman–Crippen MR) is 42.9 cm³/mol. The standard InChI is InChI=1S/C7H11N3O/c1-10(2)7-6(11-3)4-5-8-9-7/h4-5H,1-3H3. The molecule has 0 amide bonds. The fraction of sp³-hybridized carbons (Fsp3) is 0.429. The Kier molecular flexibility index (Phi) is 2.25. The Morgan fingerprint density at radius 3 is 2.64 bits per heavy atom.